The zero-order valence-electron chi connectivity index (χ0n) is 11.5. The summed E-state index contributed by atoms with van der Waals surface area (Å²) in [5.74, 6) is 0. The zero-order chi connectivity index (χ0) is 14.9. The van der Waals surface area contributed by atoms with Crippen molar-refractivity contribution in [3.63, 3.8) is 0 Å². The Labute approximate surface area is 132 Å². The maximum atomic E-state index is 5.85. The standard InChI is InChI=1S/C17H11ClN4/c18-15-10-9-13(19-20-15)16-14-8-4-5-11-22(14)21-17(16)12-6-2-1-3-7-12/h1-11H. The van der Waals surface area contributed by atoms with Gasteiger partial charge in [-0.25, -0.2) is 4.52 Å². The second-order valence-corrected chi connectivity index (χ2v) is 5.25. The second kappa shape index (κ2) is 5.24. The molecule has 3 aromatic heterocycles. The Bertz CT molecular complexity index is 930. The average Bonchev–Trinajstić information content (AvgIpc) is 2.96. The molecule has 0 aliphatic carbocycles. The molecule has 3 heterocycles. The molecule has 0 N–H and O–H groups in total. The van der Waals surface area contributed by atoms with Crippen molar-refractivity contribution in [3.8, 4) is 22.5 Å². The quantitative estimate of drug-likeness (QED) is 0.559. The summed E-state index contributed by atoms with van der Waals surface area (Å²) < 4.78 is 1.86. The highest BCUT2D eigenvalue weighted by atomic mass is 35.5. The molecule has 4 rings (SSSR count). The number of fused-ring (bicyclic) bond motifs is 1. The van der Waals surface area contributed by atoms with Crippen molar-refractivity contribution in [2.75, 3.05) is 0 Å². The van der Waals surface area contributed by atoms with Gasteiger partial charge in [-0.3, -0.25) is 0 Å². The molecule has 0 aliphatic heterocycles. The van der Waals surface area contributed by atoms with Gasteiger partial charge in [-0.05, 0) is 24.3 Å². The van der Waals surface area contributed by atoms with Crippen molar-refractivity contribution < 1.29 is 0 Å². The first kappa shape index (κ1) is 13.0. The third-order valence-electron chi connectivity index (χ3n) is 3.48. The van der Waals surface area contributed by atoms with Crippen molar-refractivity contribution in [1.29, 1.82) is 0 Å². The van der Waals surface area contributed by atoms with E-state index in [1.165, 1.54) is 0 Å². The van der Waals surface area contributed by atoms with Gasteiger partial charge in [-0.15, -0.1) is 10.2 Å². The van der Waals surface area contributed by atoms with Gasteiger partial charge in [0, 0.05) is 11.8 Å². The van der Waals surface area contributed by atoms with Crippen LogP contribution in [0.15, 0.2) is 66.9 Å². The number of nitrogens with zero attached hydrogens (tertiary/aromatic N) is 4. The van der Waals surface area contributed by atoms with Gasteiger partial charge in [0.05, 0.1) is 16.8 Å². The molecule has 0 fully saturated rings. The summed E-state index contributed by atoms with van der Waals surface area (Å²) >= 11 is 5.85. The van der Waals surface area contributed by atoms with Gasteiger partial charge >= 0.3 is 0 Å². The van der Waals surface area contributed by atoms with Crippen LogP contribution >= 0.6 is 11.6 Å². The number of halogens is 1. The molecular weight excluding hydrogens is 296 g/mol. The van der Waals surface area contributed by atoms with Gasteiger partial charge < -0.3 is 0 Å². The summed E-state index contributed by atoms with van der Waals surface area (Å²) in [4.78, 5) is 0. The molecule has 0 spiro atoms. The number of aromatic nitrogens is 4. The van der Waals surface area contributed by atoms with Gasteiger partial charge in [0.15, 0.2) is 5.15 Å². The van der Waals surface area contributed by atoms with Gasteiger partial charge in [-0.2, -0.15) is 5.10 Å². The fraction of sp³-hybridized carbons (Fsp3) is 0. The summed E-state index contributed by atoms with van der Waals surface area (Å²) in [7, 11) is 0. The van der Waals surface area contributed by atoms with Crippen LogP contribution in [0.5, 0.6) is 0 Å². The minimum absolute atomic E-state index is 0.376. The van der Waals surface area contributed by atoms with Gasteiger partial charge in [-0.1, -0.05) is 48.0 Å². The molecule has 1 aromatic carbocycles. The van der Waals surface area contributed by atoms with E-state index in [-0.39, 0.29) is 0 Å². The minimum Gasteiger partial charge on any atom is -0.240 e. The largest absolute Gasteiger partial charge is 0.240 e. The predicted molar refractivity (Wildman–Crippen MR) is 86.7 cm³/mol. The highest BCUT2D eigenvalue weighted by molar-refractivity contribution is 6.29. The van der Waals surface area contributed by atoms with Crippen molar-refractivity contribution in [2.45, 2.75) is 0 Å². The summed E-state index contributed by atoms with van der Waals surface area (Å²) in [6.07, 6.45) is 1.93. The summed E-state index contributed by atoms with van der Waals surface area (Å²) in [6.45, 7) is 0. The molecule has 0 unspecified atom stereocenters. The zero-order valence-corrected chi connectivity index (χ0v) is 12.3. The lowest BCUT2D eigenvalue weighted by atomic mass is 10.0. The Balaban J connectivity index is 2.04. The topological polar surface area (TPSA) is 43.1 Å². The lowest BCUT2D eigenvalue weighted by molar-refractivity contribution is 0.966. The van der Waals surface area contributed by atoms with Gasteiger partial charge in [0.25, 0.3) is 0 Å². The van der Waals surface area contributed by atoms with E-state index in [2.05, 4.69) is 10.2 Å². The molecule has 0 saturated heterocycles. The Kier molecular flexibility index (Phi) is 3.09. The highest BCUT2D eigenvalue weighted by Crippen LogP contribution is 2.33. The third kappa shape index (κ3) is 2.14. The third-order valence-corrected chi connectivity index (χ3v) is 3.68. The van der Waals surface area contributed by atoms with Crippen LogP contribution in [-0.2, 0) is 0 Å². The van der Waals surface area contributed by atoms with Crippen LogP contribution in [0.4, 0.5) is 0 Å². The molecule has 4 nitrogen and oxygen atoms in total. The molecule has 106 valence electrons. The van der Waals surface area contributed by atoms with E-state index in [0.29, 0.717) is 5.15 Å². The summed E-state index contributed by atoms with van der Waals surface area (Å²) in [6, 6.07) is 19.6. The van der Waals surface area contributed by atoms with Gasteiger partial charge in [0.2, 0.25) is 0 Å². The van der Waals surface area contributed by atoms with E-state index in [9.17, 15) is 0 Å². The van der Waals surface area contributed by atoms with E-state index in [1.54, 1.807) is 6.07 Å². The number of hydrogen-bond acceptors (Lipinski definition) is 3. The van der Waals surface area contributed by atoms with E-state index < -0.39 is 0 Å². The first-order chi connectivity index (χ1) is 10.8. The molecule has 0 saturated carbocycles. The van der Waals surface area contributed by atoms with E-state index >= 15 is 0 Å². The normalized spacial score (nSPS) is 11.0. The maximum absolute atomic E-state index is 5.85. The van der Waals surface area contributed by atoms with E-state index in [0.717, 1.165) is 28.0 Å². The van der Waals surface area contributed by atoms with Crippen LogP contribution in [0.25, 0.3) is 28.0 Å². The smallest absolute Gasteiger partial charge is 0.151 e. The fourth-order valence-corrected chi connectivity index (χ4v) is 2.60. The second-order valence-electron chi connectivity index (χ2n) is 4.86. The average molecular weight is 307 g/mol. The first-order valence-corrected chi connectivity index (χ1v) is 7.23. The molecule has 5 heteroatoms. The molecule has 0 amide bonds. The highest BCUT2D eigenvalue weighted by Gasteiger charge is 2.17. The van der Waals surface area contributed by atoms with Crippen molar-refractivity contribution in [1.82, 2.24) is 19.8 Å². The fourth-order valence-electron chi connectivity index (χ4n) is 2.50. The van der Waals surface area contributed by atoms with Crippen LogP contribution in [0.3, 0.4) is 0 Å². The van der Waals surface area contributed by atoms with Crippen LogP contribution in [0.2, 0.25) is 5.15 Å². The lowest BCUT2D eigenvalue weighted by Gasteiger charge is -2.02. The molecule has 22 heavy (non-hydrogen) atoms. The van der Waals surface area contributed by atoms with Crippen LogP contribution in [0, 0.1) is 0 Å². The van der Waals surface area contributed by atoms with Crippen LogP contribution in [0.1, 0.15) is 0 Å². The Morgan fingerprint density at radius 3 is 2.41 bits per heavy atom. The molecule has 0 bridgehead atoms. The molecular formula is C17H11ClN4. The molecule has 0 aliphatic rings. The number of benzene rings is 1. The van der Waals surface area contributed by atoms with Crippen LogP contribution < -0.4 is 0 Å². The van der Waals surface area contributed by atoms with E-state index in [1.807, 2.05) is 65.3 Å². The molecule has 0 atom stereocenters. The van der Waals surface area contributed by atoms with Crippen molar-refractivity contribution in [2.24, 2.45) is 0 Å². The van der Waals surface area contributed by atoms with Crippen molar-refractivity contribution in [3.05, 3.63) is 72.0 Å². The Hall–Kier alpha value is -2.72. The van der Waals surface area contributed by atoms with Crippen LogP contribution in [-0.4, -0.2) is 19.8 Å². The Morgan fingerprint density at radius 1 is 0.818 bits per heavy atom. The Morgan fingerprint density at radius 2 is 1.64 bits per heavy atom. The molecule has 0 radical (unpaired) electrons. The monoisotopic (exact) mass is 306 g/mol. The first-order valence-electron chi connectivity index (χ1n) is 6.85. The van der Waals surface area contributed by atoms with E-state index in [4.69, 9.17) is 16.7 Å². The number of pyridine rings is 1. The minimum atomic E-state index is 0.376. The molecule has 4 aromatic rings. The van der Waals surface area contributed by atoms with Crippen molar-refractivity contribution >= 4 is 17.1 Å². The summed E-state index contributed by atoms with van der Waals surface area (Å²) in [5, 5.41) is 13.3. The number of hydrogen-bond donors (Lipinski definition) is 0. The predicted octanol–water partition coefficient (Wildman–Crippen LogP) is 4.11. The maximum Gasteiger partial charge on any atom is 0.151 e. The van der Waals surface area contributed by atoms with Gasteiger partial charge in [0.1, 0.15) is 5.69 Å². The number of rotatable bonds is 2. The lowest BCUT2D eigenvalue weighted by Crippen LogP contribution is -1.89. The summed E-state index contributed by atoms with van der Waals surface area (Å²) in [5.41, 5.74) is 4.61. The SMILES string of the molecule is Clc1ccc(-c2c(-c3ccccc3)nn3ccccc23)nn1.